The van der Waals surface area contributed by atoms with Crippen molar-refractivity contribution in [3.63, 3.8) is 0 Å². The summed E-state index contributed by atoms with van der Waals surface area (Å²) in [5, 5.41) is 0.828. The molecule has 3 aromatic rings. The number of benzene rings is 2. The van der Waals surface area contributed by atoms with Crippen molar-refractivity contribution in [2.24, 2.45) is 5.92 Å². The lowest BCUT2D eigenvalue weighted by Crippen LogP contribution is -2.39. The molecule has 186 valence electrons. The van der Waals surface area contributed by atoms with E-state index in [9.17, 15) is 4.79 Å². The van der Waals surface area contributed by atoms with Crippen LogP contribution in [-0.2, 0) is 16.1 Å². The topological polar surface area (TPSA) is 70.1 Å². The minimum Gasteiger partial charge on any atom is -0.496 e. The Hall–Kier alpha value is -3.32. The van der Waals surface area contributed by atoms with Crippen LogP contribution in [0.4, 0.5) is 0 Å². The highest BCUT2D eigenvalue weighted by Gasteiger charge is 2.26. The fourth-order valence-electron chi connectivity index (χ4n) is 4.62. The van der Waals surface area contributed by atoms with E-state index in [0.717, 1.165) is 41.7 Å². The van der Waals surface area contributed by atoms with Crippen molar-refractivity contribution in [2.75, 3.05) is 34.5 Å². The number of methoxy groups -OCH3 is 3. The zero-order valence-electron chi connectivity index (χ0n) is 21.2. The summed E-state index contributed by atoms with van der Waals surface area (Å²) in [4.78, 5) is 20.2. The summed E-state index contributed by atoms with van der Waals surface area (Å²) in [6.07, 6.45) is 2.04. The highest BCUT2D eigenvalue weighted by molar-refractivity contribution is 5.93. The van der Waals surface area contributed by atoms with Gasteiger partial charge in [0.15, 0.2) is 0 Å². The van der Waals surface area contributed by atoms with E-state index in [1.807, 2.05) is 55.1 Å². The number of hydrogen-bond acceptors (Lipinski definition) is 6. The van der Waals surface area contributed by atoms with Crippen LogP contribution in [0, 0.1) is 5.92 Å². The first-order valence-electron chi connectivity index (χ1n) is 12.0. The quantitative estimate of drug-likeness (QED) is 0.427. The average molecular weight is 479 g/mol. The van der Waals surface area contributed by atoms with Gasteiger partial charge in [-0.25, -0.2) is 4.98 Å². The minimum atomic E-state index is -0.130. The van der Waals surface area contributed by atoms with Gasteiger partial charge in [-0.15, -0.1) is 0 Å². The Morgan fingerprint density at radius 3 is 2.43 bits per heavy atom. The van der Waals surface area contributed by atoms with Crippen LogP contribution in [-0.4, -0.2) is 56.4 Å². The molecule has 2 heterocycles. The third kappa shape index (κ3) is 5.20. The van der Waals surface area contributed by atoms with Crippen LogP contribution in [0.1, 0.15) is 32.3 Å². The van der Waals surface area contributed by atoms with Crippen LogP contribution in [0.25, 0.3) is 22.2 Å². The third-order valence-electron chi connectivity index (χ3n) is 6.40. The molecule has 0 saturated carbocycles. The maximum atomic E-state index is 13.3. The van der Waals surface area contributed by atoms with E-state index in [4.69, 9.17) is 23.9 Å². The van der Waals surface area contributed by atoms with E-state index in [-0.39, 0.29) is 17.9 Å². The van der Waals surface area contributed by atoms with Gasteiger partial charge in [-0.05, 0) is 48.7 Å². The summed E-state index contributed by atoms with van der Waals surface area (Å²) in [5.74, 6) is 2.02. The molecule has 1 unspecified atom stereocenters. The molecular weight excluding hydrogens is 444 g/mol. The molecule has 7 heteroatoms. The number of carbonyl (C=O) groups excluding carboxylic acids is 1. The van der Waals surface area contributed by atoms with Gasteiger partial charge in [0.2, 0.25) is 5.91 Å². The molecule has 1 aliphatic rings. The van der Waals surface area contributed by atoms with Gasteiger partial charge in [-0.1, -0.05) is 26.0 Å². The third-order valence-corrected chi connectivity index (χ3v) is 6.40. The predicted octanol–water partition coefficient (Wildman–Crippen LogP) is 5.09. The first-order valence-corrected chi connectivity index (χ1v) is 12.0. The van der Waals surface area contributed by atoms with E-state index < -0.39 is 0 Å². The van der Waals surface area contributed by atoms with Crippen molar-refractivity contribution in [1.82, 2.24) is 9.88 Å². The largest absolute Gasteiger partial charge is 0.496 e. The van der Waals surface area contributed by atoms with Gasteiger partial charge >= 0.3 is 0 Å². The number of aromatic nitrogens is 1. The highest BCUT2D eigenvalue weighted by Crippen LogP contribution is 2.38. The summed E-state index contributed by atoms with van der Waals surface area (Å²) in [6.45, 7) is 5.55. The van der Waals surface area contributed by atoms with E-state index in [0.29, 0.717) is 35.9 Å². The monoisotopic (exact) mass is 478 g/mol. The Balaban J connectivity index is 1.90. The van der Waals surface area contributed by atoms with Crippen molar-refractivity contribution in [1.29, 1.82) is 0 Å². The molecule has 1 aromatic heterocycles. The lowest BCUT2D eigenvalue weighted by Gasteiger charge is -2.28. The van der Waals surface area contributed by atoms with Crippen molar-refractivity contribution < 1.29 is 23.7 Å². The second-order valence-electron chi connectivity index (χ2n) is 9.07. The first kappa shape index (κ1) is 24.8. The summed E-state index contributed by atoms with van der Waals surface area (Å²) in [6, 6.07) is 13.6. The van der Waals surface area contributed by atoms with Gasteiger partial charge in [-0.3, -0.25) is 4.79 Å². The second-order valence-corrected chi connectivity index (χ2v) is 9.07. The Morgan fingerprint density at radius 2 is 1.77 bits per heavy atom. The Morgan fingerprint density at radius 1 is 1.06 bits per heavy atom. The summed E-state index contributed by atoms with van der Waals surface area (Å²) in [7, 11) is 4.92. The van der Waals surface area contributed by atoms with Gasteiger partial charge in [0.1, 0.15) is 22.8 Å². The van der Waals surface area contributed by atoms with Gasteiger partial charge in [-0.2, -0.15) is 0 Å². The molecule has 0 aliphatic carbocycles. The number of nitrogens with zero attached hydrogens (tertiary/aromatic N) is 2. The molecule has 1 saturated heterocycles. The molecule has 0 spiro atoms. The number of amides is 1. The molecule has 1 amide bonds. The normalized spacial score (nSPS) is 15.4. The van der Waals surface area contributed by atoms with E-state index in [2.05, 4.69) is 6.07 Å². The second kappa shape index (κ2) is 11.0. The van der Waals surface area contributed by atoms with Crippen LogP contribution in [0.15, 0.2) is 42.5 Å². The lowest BCUT2D eigenvalue weighted by molar-refractivity contribution is -0.136. The summed E-state index contributed by atoms with van der Waals surface area (Å²) >= 11 is 0. The first-order chi connectivity index (χ1) is 17.0. The standard InChI is InChI=1S/C28H34N2O5/c1-18(2)28(31)30(17-20-9-8-14-35-20)16-19-15-22-24(33-4)12-13-25(34-5)27(22)29-26(19)21-10-6-7-11-23(21)32-3/h6-7,10-13,15,18,20H,8-9,14,16-17H2,1-5H3. The zero-order valence-corrected chi connectivity index (χ0v) is 21.2. The van der Waals surface area contributed by atoms with E-state index in [1.54, 1.807) is 21.3 Å². The number of rotatable bonds is 9. The molecule has 1 atom stereocenters. The minimum absolute atomic E-state index is 0.0513. The molecule has 35 heavy (non-hydrogen) atoms. The fraction of sp³-hybridized carbons (Fsp3) is 0.429. The lowest BCUT2D eigenvalue weighted by atomic mass is 10.0. The maximum absolute atomic E-state index is 13.3. The van der Waals surface area contributed by atoms with Crippen LogP contribution in [0.3, 0.4) is 0 Å². The molecule has 1 fully saturated rings. The van der Waals surface area contributed by atoms with Crippen LogP contribution >= 0.6 is 0 Å². The summed E-state index contributed by atoms with van der Waals surface area (Å²) in [5.41, 5.74) is 3.19. The van der Waals surface area contributed by atoms with Crippen LogP contribution in [0.2, 0.25) is 0 Å². The highest BCUT2D eigenvalue weighted by atomic mass is 16.5. The Labute approximate surface area is 207 Å². The number of ether oxygens (including phenoxy) is 4. The number of fused-ring (bicyclic) bond motifs is 1. The van der Waals surface area contributed by atoms with Gasteiger partial charge < -0.3 is 23.8 Å². The van der Waals surface area contributed by atoms with Gasteiger partial charge in [0.05, 0.1) is 33.1 Å². The molecule has 7 nitrogen and oxygen atoms in total. The van der Waals surface area contributed by atoms with Crippen molar-refractivity contribution in [3.8, 4) is 28.5 Å². The number of hydrogen-bond donors (Lipinski definition) is 0. The SMILES string of the molecule is COc1ccccc1-c1nc2c(OC)ccc(OC)c2cc1CN(CC1CCCO1)C(=O)C(C)C. The molecule has 4 rings (SSSR count). The van der Waals surface area contributed by atoms with Crippen molar-refractivity contribution in [3.05, 3.63) is 48.0 Å². The van der Waals surface area contributed by atoms with Gasteiger partial charge in [0.25, 0.3) is 0 Å². The van der Waals surface area contributed by atoms with E-state index in [1.165, 1.54) is 0 Å². The smallest absolute Gasteiger partial charge is 0.225 e. The maximum Gasteiger partial charge on any atom is 0.225 e. The zero-order chi connectivity index (χ0) is 24.9. The fourth-order valence-corrected chi connectivity index (χ4v) is 4.62. The van der Waals surface area contributed by atoms with Crippen LogP contribution in [0.5, 0.6) is 17.2 Å². The molecule has 0 radical (unpaired) electrons. The number of pyridine rings is 1. The number of carbonyl (C=O) groups is 1. The molecule has 0 N–H and O–H groups in total. The molecule has 1 aliphatic heterocycles. The van der Waals surface area contributed by atoms with E-state index >= 15 is 0 Å². The summed E-state index contributed by atoms with van der Waals surface area (Å²) < 4.78 is 22.8. The van der Waals surface area contributed by atoms with Gasteiger partial charge in [0, 0.05) is 36.6 Å². The Bertz CT molecular complexity index is 1190. The van der Waals surface area contributed by atoms with Crippen LogP contribution < -0.4 is 14.2 Å². The molecule has 0 bridgehead atoms. The molecular formula is C28H34N2O5. The number of para-hydroxylation sites is 1. The van der Waals surface area contributed by atoms with Crippen molar-refractivity contribution in [2.45, 2.75) is 39.3 Å². The predicted molar refractivity (Wildman–Crippen MR) is 136 cm³/mol. The molecule has 2 aromatic carbocycles. The van der Waals surface area contributed by atoms with Crippen molar-refractivity contribution >= 4 is 16.8 Å². The average Bonchev–Trinajstić information content (AvgIpc) is 3.39. The Kier molecular flexibility index (Phi) is 7.76.